The highest BCUT2D eigenvalue weighted by atomic mass is 16.2. The number of fused-ring (bicyclic) bond motifs is 1. The van der Waals surface area contributed by atoms with Crippen LogP contribution in [0.15, 0.2) is 29.4 Å². The third-order valence-electron chi connectivity index (χ3n) is 3.73. The van der Waals surface area contributed by atoms with Gasteiger partial charge in [-0.25, -0.2) is 5.43 Å². The molecule has 108 valence electrons. The lowest BCUT2D eigenvalue weighted by Crippen LogP contribution is -2.20. The number of H-pyrrole nitrogens is 1. The predicted molar refractivity (Wildman–Crippen MR) is 81.5 cm³/mol. The molecule has 0 radical (unpaired) electrons. The molecule has 5 heteroatoms. The number of hydrogen-bond acceptors (Lipinski definition) is 3. The lowest BCUT2D eigenvalue weighted by molar-refractivity contribution is 0.0949. The quantitative estimate of drug-likeness (QED) is 0.670. The summed E-state index contributed by atoms with van der Waals surface area (Å²) < 4.78 is 0. The van der Waals surface area contributed by atoms with E-state index < -0.39 is 0 Å². The molecule has 0 saturated heterocycles. The third kappa shape index (κ3) is 3.02. The highest BCUT2D eigenvalue weighted by Crippen LogP contribution is 2.21. The van der Waals surface area contributed by atoms with Crippen molar-refractivity contribution in [1.82, 2.24) is 15.6 Å². The van der Waals surface area contributed by atoms with Gasteiger partial charge in [-0.15, -0.1) is 0 Å². The van der Waals surface area contributed by atoms with E-state index in [4.69, 9.17) is 0 Å². The molecule has 21 heavy (non-hydrogen) atoms. The normalized spacial score (nSPS) is 14.1. The van der Waals surface area contributed by atoms with Crippen LogP contribution in [0.4, 0.5) is 0 Å². The summed E-state index contributed by atoms with van der Waals surface area (Å²) in [4.78, 5) is 12.1. The first-order valence-electron chi connectivity index (χ1n) is 7.20. The molecular formula is C16H18N4O. The van der Waals surface area contributed by atoms with Crippen LogP contribution in [0.25, 0.3) is 0 Å². The van der Waals surface area contributed by atoms with Gasteiger partial charge in [-0.2, -0.15) is 10.2 Å². The Morgan fingerprint density at radius 3 is 2.86 bits per heavy atom. The van der Waals surface area contributed by atoms with E-state index in [9.17, 15) is 4.79 Å². The average Bonchev–Trinajstić information content (AvgIpc) is 2.93. The Hall–Kier alpha value is -2.43. The van der Waals surface area contributed by atoms with Gasteiger partial charge in [0.05, 0.1) is 6.21 Å². The Morgan fingerprint density at radius 2 is 2.05 bits per heavy atom. The van der Waals surface area contributed by atoms with Crippen molar-refractivity contribution in [1.29, 1.82) is 0 Å². The molecule has 0 saturated carbocycles. The van der Waals surface area contributed by atoms with Crippen molar-refractivity contribution in [2.45, 2.75) is 32.6 Å². The van der Waals surface area contributed by atoms with E-state index in [1.54, 1.807) is 6.21 Å². The molecule has 3 rings (SSSR count). The zero-order valence-corrected chi connectivity index (χ0v) is 12.0. The van der Waals surface area contributed by atoms with E-state index >= 15 is 0 Å². The van der Waals surface area contributed by atoms with Crippen molar-refractivity contribution >= 4 is 12.1 Å². The minimum atomic E-state index is -0.252. The van der Waals surface area contributed by atoms with Crippen LogP contribution >= 0.6 is 0 Å². The molecule has 0 atom stereocenters. The van der Waals surface area contributed by atoms with Crippen molar-refractivity contribution in [3.63, 3.8) is 0 Å². The highest BCUT2D eigenvalue weighted by molar-refractivity contribution is 5.94. The third-order valence-corrected chi connectivity index (χ3v) is 3.73. The zero-order valence-electron chi connectivity index (χ0n) is 12.0. The van der Waals surface area contributed by atoms with Gasteiger partial charge >= 0.3 is 0 Å². The summed E-state index contributed by atoms with van der Waals surface area (Å²) in [5.74, 6) is -0.252. The summed E-state index contributed by atoms with van der Waals surface area (Å²) in [6, 6.07) is 7.93. The Morgan fingerprint density at radius 1 is 1.29 bits per heavy atom. The molecule has 0 aliphatic heterocycles. The Balaban J connectivity index is 1.66. The molecule has 0 spiro atoms. The van der Waals surface area contributed by atoms with Crippen LogP contribution < -0.4 is 5.43 Å². The molecule has 1 aliphatic carbocycles. The standard InChI is InChI=1S/C16H18N4O/c1-11-6-8-12(9-7-11)10-17-20-16(21)15-13-4-2-3-5-14(13)18-19-15/h6-10H,2-5H2,1H3,(H,18,19)(H,20,21)/b17-10+. The van der Waals surface area contributed by atoms with Crippen molar-refractivity contribution in [3.05, 3.63) is 52.3 Å². The van der Waals surface area contributed by atoms with E-state index in [1.165, 1.54) is 5.56 Å². The van der Waals surface area contributed by atoms with Gasteiger partial charge in [0.2, 0.25) is 0 Å². The van der Waals surface area contributed by atoms with Gasteiger partial charge in [0.25, 0.3) is 5.91 Å². The van der Waals surface area contributed by atoms with Crippen LogP contribution in [0, 0.1) is 6.92 Å². The van der Waals surface area contributed by atoms with Gasteiger partial charge in [-0.05, 0) is 38.2 Å². The Kier molecular flexibility index (Phi) is 3.81. The topological polar surface area (TPSA) is 70.1 Å². The first-order valence-corrected chi connectivity index (χ1v) is 7.20. The Labute approximate surface area is 123 Å². The number of hydrogen-bond donors (Lipinski definition) is 2. The molecule has 1 aliphatic rings. The van der Waals surface area contributed by atoms with E-state index in [2.05, 4.69) is 20.7 Å². The van der Waals surface area contributed by atoms with Crippen molar-refractivity contribution in [2.24, 2.45) is 5.10 Å². The number of aryl methyl sites for hydroxylation is 2. The summed E-state index contributed by atoms with van der Waals surface area (Å²) in [6.45, 7) is 2.03. The Bertz CT molecular complexity index is 670. The van der Waals surface area contributed by atoms with Gasteiger partial charge in [0.15, 0.2) is 5.69 Å². The van der Waals surface area contributed by atoms with Crippen molar-refractivity contribution in [3.8, 4) is 0 Å². The summed E-state index contributed by atoms with van der Waals surface area (Å²) in [5.41, 5.74) is 7.30. The first-order chi connectivity index (χ1) is 10.2. The average molecular weight is 282 g/mol. The van der Waals surface area contributed by atoms with E-state index in [1.807, 2.05) is 31.2 Å². The number of benzene rings is 1. The second-order valence-electron chi connectivity index (χ2n) is 5.35. The summed E-state index contributed by atoms with van der Waals surface area (Å²) >= 11 is 0. The second-order valence-corrected chi connectivity index (χ2v) is 5.35. The lowest BCUT2D eigenvalue weighted by Gasteiger charge is -2.10. The molecule has 1 amide bonds. The number of carbonyl (C=O) groups excluding carboxylic acids is 1. The fourth-order valence-corrected chi connectivity index (χ4v) is 2.54. The number of aromatic amines is 1. The van der Waals surface area contributed by atoms with Crippen LogP contribution in [0.1, 0.15) is 45.7 Å². The molecule has 0 unspecified atom stereocenters. The molecule has 5 nitrogen and oxygen atoms in total. The number of aromatic nitrogens is 2. The number of nitrogens with one attached hydrogen (secondary N) is 2. The second kappa shape index (κ2) is 5.91. The maximum atomic E-state index is 12.1. The highest BCUT2D eigenvalue weighted by Gasteiger charge is 2.21. The van der Waals surface area contributed by atoms with Crippen molar-refractivity contribution in [2.75, 3.05) is 0 Å². The fraction of sp³-hybridized carbons (Fsp3) is 0.312. The van der Waals surface area contributed by atoms with Gasteiger partial charge in [-0.3, -0.25) is 9.89 Å². The van der Waals surface area contributed by atoms with Gasteiger partial charge in [-0.1, -0.05) is 29.8 Å². The molecule has 1 heterocycles. The van der Waals surface area contributed by atoms with E-state index in [-0.39, 0.29) is 5.91 Å². The molecule has 2 N–H and O–H groups in total. The molecule has 0 bridgehead atoms. The minimum Gasteiger partial charge on any atom is -0.281 e. The van der Waals surface area contributed by atoms with Crippen LogP contribution in [0.5, 0.6) is 0 Å². The number of nitrogens with zero attached hydrogens (tertiary/aromatic N) is 2. The first kappa shape index (κ1) is 13.5. The molecular weight excluding hydrogens is 264 g/mol. The minimum absolute atomic E-state index is 0.252. The molecule has 0 fully saturated rings. The molecule has 2 aromatic rings. The summed E-state index contributed by atoms with van der Waals surface area (Å²) in [6.07, 6.45) is 5.79. The zero-order chi connectivity index (χ0) is 14.7. The monoisotopic (exact) mass is 282 g/mol. The van der Waals surface area contributed by atoms with Crippen molar-refractivity contribution < 1.29 is 4.79 Å². The van der Waals surface area contributed by atoms with E-state index in [0.717, 1.165) is 42.5 Å². The SMILES string of the molecule is Cc1ccc(/C=N/NC(=O)c2n[nH]c3c2CCCC3)cc1. The molecule has 1 aromatic heterocycles. The lowest BCUT2D eigenvalue weighted by atomic mass is 9.96. The number of hydrazone groups is 1. The van der Waals surface area contributed by atoms with Crippen LogP contribution in [0.2, 0.25) is 0 Å². The maximum absolute atomic E-state index is 12.1. The maximum Gasteiger partial charge on any atom is 0.292 e. The largest absolute Gasteiger partial charge is 0.292 e. The van der Waals surface area contributed by atoms with Gasteiger partial charge in [0.1, 0.15) is 0 Å². The van der Waals surface area contributed by atoms with Gasteiger partial charge < -0.3 is 0 Å². The smallest absolute Gasteiger partial charge is 0.281 e. The van der Waals surface area contributed by atoms with Gasteiger partial charge in [0, 0.05) is 11.3 Å². The number of carbonyl (C=O) groups is 1. The predicted octanol–water partition coefficient (Wildman–Crippen LogP) is 2.36. The van der Waals surface area contributed by atoms with Crippen LogP contribution in [-0.4, -0.2) is 22.3 Å². The van der Waals surface area contributed by atoms with E-state index in [0.29, 0.717) is 5.69 Å². The number of amides is 1. The molecule has 1 aromatic carbocycles. The van der Waals surface area contributed by atoms with Crippen LogP contribution in [0.3, 0.4) is 0 Å². The fourth-order valence-electron chi connectivity index (χ4n) is 2.54. The number of rotatable bonds is 3. The summed E-state index contributed by atoms with van der Waals surface area (Å²) in [5, 5.41) is 11.1. The summed E-state index contributed by atoms with van der Waals surface area (Å²) in [7, 11) is 0. The van der Waals surface area contributed by atoms with Crippen LogP contribution in [-0.2, 0) is 12.8 Å².